The molecule has 0 spiro atoms. The Hall–Kier alpha value is -2.62. The summed E-state index contributed by atoms with van der Waals surface area (Å²) in [5, 5.41) is 15.6. The summed E-state index contributed by atoms with van der Waals surface area (Å²) >= 11 is 7.49. The van der Waals surface area contributed by atoms with Crippen molar-refractivity contribution >= 4 is 45.8 Å². The SMILES string of the molecule is CC(C)C[C@H](NCCc1cc(-c2cc(C(N)=O)c(NC(N)=O)s2)ccc1Cl)C(=O)O. The van der Waals surface area contributed by atoms with E-state index < -0.39 is 23.9 Å². The number of carboxylic acid groups (broad SMARTS) is 1. The third-order valence-corrected chi connectivity index (χ3v) is 5.82. The van der Waals surface area contributed by atoms with Gasteiger partial charge < -0.3 is 21.9 Å². The van der Waals surface area contributed by atoms with Gasteiger partial charge in [-0.2, -0.15) is 0 Å². The second-order valence-electron chi connectivity index (χ2n) is 7.24. The van der Waals surface area contributed by atoms with Crippen molar-refractivity contribution in [3.8, 4) is 10.4 Å². The molecular formula is C20H25ClN4O4S. The standard InChI is InChI=1S/C20H25ClN4O4S/c1-10(2)7-15(19(27)28)24-6-5-11-8-12(3-4-14(11)21)16-9-13(17(22)26)18(30-16)25-20(23)29/h3-4,8-10,15,24H,5-7H2,1-2H3,(H2,22,26)(H,27,28)(H3,23,25,29)/t15-/m0/s1. The van der Waals surface area contributed by atoms with Crippen LogP contribution >= 0.6 is 22.9 Å². The average Bonchev–Trinajstić information content (AvgIpc) is 3.05. The summed E-state index contributed by atoms with van der Waals surface area (Å²) in [5.41, 5.74) is 12.3. The number of anilines is 1. The third kappa shape index (κ3) is 6.45. The van der Waals surface area contributed by atoms with Crippen molar-refractivity contribution < 1.29 is 19.5 Å². The molecule has 1 aromatic carbocycles. The maximum atomic E-state index is 11.7. The molecule has 0 aliphatic rings. The summed E-state index contributed by atoms with van der Waals surface area (Å²) in [6, 6.07) is 5.58. The van der Waals surface area contributed by atoms with E-state index in [9.17, 15) is 19.5 Å². The van der Waals surface area contributed by atoms with Gasteiger partial charge in [0.15, 0.2) is 0 Å². The van der Waals surface area contributed by atoms with Crippen molar-refractivity contribution in [2.75, 3.05) is 11.9 Å². The molecule has 1 heterocycles. The Morgan fingerprint density at radius 2 is 1.90 bits per heavy atom. The number of hydrogen-bond donors (Lipinski definition) is 5. The number of nitrogens with one attached hydrogen (secondary N) is 2. The number of carboxylic acids is 1. The quantitative estimate of drug-likeness (QED) is 0.375. The van der Waals surface area contributed by atoms with E-state index in [2.05, 4.69) is 10.6 Å². The van der Waals surface area contributed by atoms with Gasteiger partial charge in [-0.3, -0.25) is 14.9 Å². The van der Waals surface area contributed by atoms with Gasteiger partial charge in [0, 0.05) is 16.4 Å². The van der Waals surface area contributed by atoms with Crippen LogP contribution in [0, 0.1) is 5.92 Å². The highest BCUT2D eigenvalue weighted by atomic mass is 35.5. The number of primary amides is 2. The molecule has 1 aromatic heterocycles. The molecule has 0 aliphatic heterocycles. The monoisotopic (exact) mass is 452 g/mol. The van der Waals surface area contributed by atoms with Gasteiger partial charge >= 0.3 is 12.0 Å². The van der Waals surface area contributed by atoms with Gasteiger partial charge in [0.2, 0.25) is 0 Å². The number of carbonyl (C=O) groups excluding carboxylic acids is 2. The van der Waals surface area contributed by atoms with Gasteiger partial charge in [0.25, 0.3) is 5.91 Å². The maximum Gasteiger partial charge on any atom is 0.320 e. The minimum Gasteiger partial charge on any atom is -0.480 e. The van der Waals surface area contributed by atoms with E-state index >= 15 is 0 Å². The zero-order valence-electron chi connectivity index (χ0n) is 16.7. The highest BCUT2D eigenvalue weighted by Gasteiger charge is 2.19. The molecule has 0 aliphatic carbocycles. The molecule has 8 nitrogen and oxygen atoms in total. The van der Waals surface area contributed by atoms with Gasteiger partial charge in [-0.05, 0) is 48.1 Å². The van der Waals surface area contributed by atoms with Crippen LogP contribution in [0.25, 0.3) is 10.4 Å². The highest BCUT2D eigenvalue weighted by Crippen LogP contribution is 2.36. The predicted octanol–water partition coefficient (Wildman–Crippen LogP) is 3.29. The molecule has 0 unspecified atom stereocenters. The van der Waals surface area contributed by atoms with Crippen LogP contribution in [0.3, 0.4) is 0 Å². The van der Waals surface area contributed by atoms with Crippen LogP contribution < -0.4 is 22.1 Å². The first-order valence-corrected chi connectivity index (χ1v) is 10.5. The summed E-state index contributed by atoms with van der Waals surface area (Å²) in [6.45, 7) is 4.39. The average molecular weight is 453 g/mol. The molecule has 0 bridgehead atoms. The summed E-state index contributed by atoms with van der Waals surface area (Å²) in [4.78, 5) is 34.9. The Morgan fingerprint density at radius 1 is 1.20 bits per heavy atom. The van der Waals surface area contributed by atoms with E-state index in [1.165, 1.54) is 11.3 Å². The molecule has 0 radical (unpaired) electrons. The van der Waals surface area contributed by atoms with Crippen LogP contribution in [0.5, 0.6) is 0 Å². The normalized spacial score (nSPS) is 12.0. The second kappa shape index (κ2) is 10.4. The van der Waals surface area contributed by atoms with Crippen molar-refractivity contribution in [1.82, 2.24) is 5.32 Å². The minimum atomic E-state index is -0.879. The maximum absolute atomic E-state index is 11.7. The third-order valence-electron chi connectivity index (χ3n) is 4.35. The van der Waals surface area contributed by atoms with Crippen LogP contribution in [-0.2, 0) is 11.2 Å². The van der Waals surface area contributed by atoms with Gasteiger partial charge in [-0.15, -0.1) is 11.3 Å². The van der Waals surface area contributed by atoms with Crippen molar-refractivity contribution in [2.45, 2.75) is 32.7 Å². The zero-order chi connectivity index (χ0) is 22.4. The summed E-state index contributed by atoms with van der Waals surface area (Å²) < 4.78 is 0. The molecule has 0 saturated carbocycles. The number of thiophene rings is 1. The zero-order valence-corrected chi connectivity index (χ0v) is 18.3. The second-order valence-corrected chi connectivity index (χ2v) is 8.70. The summed E-state index contributed by atoms with van der Waals surface area (Å²) in [7, 11) is 0. The lowest BCUT2D eigenvalue weighted by atomic mass is 10.0. The first kappa shape index (κ1) is 23.7. The Morgan fingerprint density at radius 3 is 2.47 bits per heavy atom. The fraction of sp³-hybridized carbons (Fsp3) is 0.350. The van der Waals surface area contributed by atoms with Crippen molar-refractivity contribution in [1.29, 1.82) is 0 Å². The minimum absolute atomic E-state index is 0.171. The number of benzene rings is 1. The van der Waals surface area contributed by atoms with Crippen molar-refractivity contribution in [3.05, 3.63) is 40.4 Å². The molecule has 2 rings (SSSR count). The fourth-order valence-electron chi connectivity index (χ4n) is 2.96. The number of rotatable bonds is 10. The van der Waals surface area contributed by atoms with E-state index in [-0.39, 0.29) is 16.5 Å². The van der Waals surface area contributed by atoms with Crippen molar-refractivity contribution in [2.24, 2.45) is 17.4 Å². The van der Waals surface area contributed by atoms with E-state index in [1.807, 2.05) is 19.9 Å². The lowest BCUT2D eigenvalue weighted by Gasteiger charge is -2.16. The Labute approximate surface area is 183 Å². The lowest BCUT2D eigenvalue weighted by Crippen LogP contribution is -2.38. The smallest absolute Gasteiger partial charge is 0.320 e. The number of amides is 3. The Balaban J connectivity index is 2.20. The molecule has 1 atom stereocenters. The predicted molar refractivity (Wildman–Crippen MR) is 119 cm³/mol. The van der Waals surface area contributed by atoms with E-state index in [1.54, 1.807) is 18.2 Å². The Bertz CT molecular complexity index is 945. The largest absolute Gasteiger partial charge is 0.480 e. The number of carbonyl (C=O) groups is 3. The van der Waals surface area contributed by atoms with Crippen LogP contribution in [0.15, 0.2) is 24.3 Å². The number of urea groups is 1. The lowest BCUT2D eigenvalue weighted by molar-refractivity contribution is -0.139. The summed E-state index contributed by atoms with van der Waals surface area (Å²) in [5.74, 6) is -1.30. The molecular weight excluding hydrogens is 428 g/mol. The Kier molecular flexibility index (Phi) is 8.22. The van der Waals surface area contributed by atoms with Crippen LogP contribution in [0.1, 0.15) is 36.2 Å². The van der Waals surface area contributed by atoms with Gasteiger partial charge in [-0.25, -0.2) is 4.79 Å². The fourth-order valence-corrected chi connectivity index (χ4v) is 4.24. The van der Waals surface area contributed by atoms with E-state index in [4.69, 9.17) is 23.1 Å². The molecule has 0 fully saturated rings. The number of aliphatic carboxylic acids is 1. The van der Waals surface area contributed by atoms with Crippen LogP contribution in [-0.4, -0.2) is 35.6 Å². The molecule has 7 N–H and O–H groups in total. The van der Waals surface area contributed by atoms with E-state index in [0.29, 0.717) is 29.3 Å². The first-order valence-electron chi connectivity index (χ1n) is 9.33. The number of nitrogens with two attached hydrogens (primary N) is 2. The van der Waals surface area contributed by atoms with Gasteiger partial charge in [0.05, 0.1) is 5.56 Å². The first-order chi connectivity index (χ1) is 14.1. The van der Waals surface area contributed by atoms with Crippen molar-refractivity contribution in [3.63, 3.8) is 0 Å². The van der Waals surface area contributed by atoms with E-state index in [0.717, 1.165) is 11.1 Å². The molecule has 0 saturated heterocycles. The molecule has 3 amide bonds. The number of hydrogen-bond acceptors (Lipinski definition) is 5. The molecule has 10 heteroatoms. The molecule has 162 valence electrons. The highest BCUT2D eigenvalue weighted by molar-refractivity contribution is 7.20. The van der Waals surface area contributed by atoms with Crippen LogP contribution in [0.4, 0.5) is 9.80 Å². The number of halogens is 1. The molecule has 2 aromatic rings. The topological polar surface area (TPSA) is 148 Å². The van der Waals surface area contributed by atoms with Crippen LogP contribution in [0.2, 0.25) is 5.02 Å². The molecule has 30 heavy (non-hydrogen) atoms. The summed E-state index contributed by atoms with van der Waals surface area (Å²) in [6.07, 6.45) is 1.05. The van der Waals surface area contributed by atoms with Gasteiger partial charge in [-0.1, -0.05) is 31.5 Å². The van der Waals surface area contributed by atoms with Gasteiger partial charge in [0.1, 0.15) is 11.0 Å².